The molecule has 0 unspecified atom stereocenters. The van der Waals surface area contributed by atoms with Crippen LogP contribution in [0.15, 0.2) is 85.5 Å². The van der Waals surface area contributed by atoms with Crippen LogP contribution in [0, 0.1) is 0 Å². The number of allylic oxidation sites excluding steroid dienone is 2. The number of carbonyl (C=O) groups is 1. The molecule has 0 radical (unpaired) electrons. The number of carbonyl (C=O) groups excluding carboxylic acids is 1. The van der Waals surface area contributed by atoms with Gasteiger partial charge in [-0.2, -0.15) is 0 Å². The zero-order valence-electron chi connectivity index (χ0n) is 23.1. The largest absolute Gasteiger partial charge is 0.497 e. The zero-order valence-corrected chi connectivity index (χ0v) is 23.1. The molecule has 0 aliphatic carbocycles. The van der Waals surface area contributed by atoms with Crippen LogP contribution in [-0.4, -0.2) is 67.3 Å². The van der Waals surface area contributed by atoms with E-state index < -0.39 is 0 Å². The first kappa shape index (κ1) is 29.9. The summed E-state index contributed by atoms with van der Waals surface area (Å²) in [5, 5.41) is 8.47. The summed E-state index contributed by atoms with van der Waals surface area (Å²) < 4.78 is 5.24. The SMILES string of the molecule is C=C/C=C(\C=C)CO.CCN(CC)c1ccc([C@H]2N(CCc3ccc(OC)cc3)C(=O)[C@H](C)N2C)cc1. The number of aliphatic hydroxyl groups is 1. The third-order valence-corrected chi connectivity index (χ3v) is 6.83. The number of benzene rings is 2. The number of likely N-dealkylation sites (N-methyl/N-ethyl adjacent to an activating group) is 1. The van der Waals surface area contributed by atoms with Crippen molar-refractivity contribution in [2.45, 2.75) is 39.4 Å². The van der Waals surface area contributed by atoms with E-state index in [1.54, 1.807) is 25.3 Å². The van der Waals surface area contributed by atoms with Gasteiger partial charge in [-0.1, -0.05) is 55.7 Å². The maximum absolute atomic E-state index is 12.9. The van der Waals surface area contributed by atoms with Gasteiger partial charge in [0.1, 0.15) is 11.9 Å². The van der Waals surface area contributed by atoms with E-state index in [0.717, 1.165) is 36.4 Å². The minimum Gasteiger partial charge on any atom is -0.497 e. The van der Waals surface area contributed by atoms with Gasteiger partial charge in [0.05, 0.1) is 19.8 Å². The van der Waals surface area contributed by atoms with E-state index >= 15 is 0 Å². The van der Waals surface area contributed by atoms with Crippen LogP contribution in [0.25, 0.3) is 0 Å². The minimum absolute atomic E-state index is 0.0264. The summed E-state index contributed by atoms with van der Waals surface area (Å²) in [6, 6.07) is 16.6. The maximum atomic E-state index is 12.9. The van der Waals surface area contributed by atoms with Gasteiger partial charge in [-0.15, -0.1) is 0 Å². The molecule has 37 heavy (non-hydrogen) atoms. The molecule has 1 aliphatic rings. The summed E-state index contributed by atoms with van der Waals surface area (Å²) in [4.78, 5) is 19.5. The van der Waals surface area contributed by atoms with Crippen molar-refractivity contribution in [1.82, 2.24) is 9.80 Å². The molecule has 0 aromatic heterocycles. The highest BCUT2D eigenvalue weighted by Gasteiger charge is 2.41. The van der Waals surface area contributed by atoms with Crippen LogP contribution in [0.2, 0.25) is 0 Å². The highest BCUT2D eigenvalue weighted by Crippen LogP contribution is 2.34. The Hall–Kier alpha value is -3.35. The molecule has 1 heterocycles. The quantitative estimate of drug-likeness (QED) is 0.424. The van der Waals surface area contributed by atoms with Crippen molar-refractivity contribution in [3.05, 3.63) is 96.6 Å². The average molecular weight is 506 g/mol. The third kappa shape index (κ3) is 7.81. The molecular weight excluding hydrogens is 462 g/mol. The number of nitrogens with zero attached hydrogens (tertiary/aromatic N) is 3. The van der Waals surface area contributed by atoms with Crippen molar-refractivity contribution in [3.8, 4) is 5.75 Å². The molecule has 3 rings (SSSR count). The second-order valence-corrected chi connectivity index (χ2v) is 8.95. The second kappa shape index (κ2) is 15.0. The number of anilines is 1. The molecule has 1 amide bonds. The lowest BCUT2D eigenvalue weighted by atomic mass is 10.1. The molecule has 0 spiro atoms. The monoisotopic (exact) mass is 505 g/mol. The summed E-state index contributed by atoms with van der Waals surface area (Å²) in [5.41, 5.74) is 4.39. The summed E-state index contributed by atoms with van der Waals surface area (Å²) >= 11 is 0. The fourth-order valence-corrected chi connectivity index (χ4v) is 4.44. The Balaban J connectivity index is 0.000000521. The van der Waals surface area contributed by atoms with Crippen LogP contribution >= 0.6 is 0 Å². The van der Waals surface area contributed by atoms with E-state index in [1.165, 1.54) is 11.3 Å². The molecule has 2 aromatic rings. The first-order chi connectivity index (χ1) is 17.8. The lowest BCUT2D eigenvalue weighted by Gasteiger charge is -2.29. The van der Waals surface area contributed by atoms with Crippen LogP contribution in [-0.2, 0) is 11.2 Å². The number of rotatable bonds is 11. The van der Waals surface area contributed by atoms with E-state index in [4.69, 9.17) is 9.84 Å². The molecule has 0 bridgehead atoms. The number of ether oxygens (including phenoxy) is 1. The van der Waals surface area contributed by atoms with E-state index in [9.17, 15) is 4.79 Å². The topological polar surface area (TPSA) is 56.2 Å². The molecule has 200 valence electrons. The van der Waals surface area contributed by atoms with Gasteiger partial charge < -0.3 is 19.6 Å². The van der Waals surface area contributed by atoms with Crippen LogP contribution in [0.3, 0.4) is 0 Å². The Morgan fingerprint density at radius 3 is 2.16 bits per heavy atom. The highest BCUT2D eigenvalue weighted by molar-refractivity contribution is 5.84. The van der Waals surface area contributed by atoms with Crippen molar-refractivity contribution in [2.24, 2.45) is 0 Å². The van der Waals surface area contributed by atoms with Crippen LogP contribution in [0.4, 0.5) is 5.69 Å². The predicted octanol–water partition coefficient (Wildman–Crippen LogP) is 5.22. The number of methoxy groups -OCH3 is 1. The third-order valence-electron chi connectivity index (χ3n) is 6.83. The predicted molar refractivity (Wildman–Crippen MR) is 154 cm³/mol. The molecule has 2 atom stereocenters. The summed E-state index contributed by atoms with van der Waals surface area (Å²) in [5.74, 6) is 1.05. The van der Waals surface area contributed by atoms with Gasteiger partial charge in [-0.25, -0.2) is 0 Å². The number of amides is 1. The van der Waals surface area contributed by atoms with E-state index in [-0.39, 0.29) is 24.7 Å². The minimum atomic E-state index is -0.113. The van der Waals surface area contributed by atoms with Crippen molar-refractivity contribution in [3.63, 3.8) is 0 Å². The van der Waals surface area contributed by atoms with Gasteiger partial charge in [-0.3, -0.25) is 9.69 Å². The molecule has 1 N–H and O–H groups in total. The number of hydrogen-bond acceptors (Lipinski definition) is 5. The molecule has 6 nitrogen and oxygen atoms in total. The normalized spacial score (nSPS) is 17.7. The lowest BCUT2D eigenvalue weighted by molar-refractivity contribution is -0.129. The Bertz CT molecular complexity index is 1030. The second-order valence-electron chi connectivity index (χ2n) is 8.95. The van der Waals surface area contributed by atoms with Gasteiger partial charge in [0.15, 0.2) is 0 Å². The fraction of sp³-hybridized carbons (Fsp3) is 0.387. The van der Waals surface area contributed by atoms with Gasteiger partial charge in [0.2, 0.25) is 5.91 Å². The van der Waals surface area contributed by atoms with E-state index in [2.05, 4.69) is 73.2 Å². The number of aliphatic hydroxyl groups excluding tert-OH is 1. The fourth-order valence-electron chi connectivity index (χ4n) is 4.44. The molecule has 2 aromatic carbocycles. The Morgan fingerprint density at radius 1 is 1.08 bits per heavy atom. The zero-order chi connectivity index (χ0) is 27.4. The van der Waals surface area contributed by atoms with E-state index in [1.807, 2.05) is 31.0 Å². The molecule has 1 aliphatic heterocycles. The van der Waals surface area contributed by atoms with Crippen molar-refractivity contribution < 1.29 is 14.6 Å². The molecule has 1 saturated heterocycles. The molecule has 6 heteroatoms. The molecule has 0 saturated carbocycles. The Morgan fingerprint density at radius 2 is 1.70 bits per heavy atom. The van der Waals surface area contributed by atoms with Crippen molar-refractivity contribution in [1.29, 1.82) is 0 Å². The van der Waals surface area contributed by atoms with Crippen molar-refractivity contribution >= 4 is 11.6 Å². The smallest absolute Gasteiger partial charge is 0.241 e. The summed E-state index contributed by atoms with van der Waals surface area (Å²) in [6.45, 7) is 16.0. The summed E-state index contributed by atoms with van der Waals surface area (Å²) in [7, 11) is 3.71. The first-order valence-electron chi connectivity index (χ1n) is 12.9. The van der Waals surface area contributed by atoms with Crippen LogP contribution in [0.5, 0.6) is 5.75 Å². The lowest BCUT2D eigenvalue weighted by Crippen LogP contribution is -2.32. The Labute approximate surface area is 223 Å². The summed E-state index contributed by atoms with van der Waals surface area (Å²) in [6.07, 6.45) is 5.73. The average Bonchev–Trinajstić information content (AvgIpc) is 3.15. The van der Waals surface area contributed by atoms with Crippen LogP contribution in [0.1, 0.15) is 38.1 Å². The van der Waals surface area contributed by atoms with Gasteiger partial charge in [0, 0.05) is 25.3 Å². The standard InChI is InChI=1S/C24H33N3O2.C7H10O/c1-6-26(7-2)21-12-10-20(11-13-21)23-25(4)18(3)24(28)27(23)17-16-19-8-14-22(29-5)15-9-19;1-3-5-7(4-2)6-8/h8-15,18,23H,6-7,16-17H2,1-5H3;3-5,8H,1-2,6H2/b;7-5+/t18-,23+;/m0./s1. The first-order valence-corrected chi connectivity index (χ1v) is 12.9. The molecule has 1 fully saturated rings. The van der Waals surface area contributed by atoms with Crippen LogP contribution < -0.4 is 9.64 Å². The van der Waals surface area contributed by atoms with Gasteiger partial charge in [-0.05, 0) is 75.2 Å². The Kier molecular flexibility index (Phi) is 12.1. The highest BCUT2D eigenvalue weighted by atomic mass is 16.5. The molecular formula is C31H43N3O3. The van der Waals surface area contributed by atoms with Gasteiger partial charge >= 0.3 is 0 Å². The van der Waals surface area contributed by atoms with Gasteiger partial charge in [0.25, 0.3) is 0 Å². The maximum Gasteiger partial charge on any atom is 0.241 e. The number of hydrogen-bond donors (Lipinski definition) is 1. The van der Waals surface area contributed by atoms with E-state index in [0.29, 0.717) is 6.54 Å². The van der Waals surface area contributed by atoms with Crippen molar-refractivity contribution in [2.75, 3.05) is 45.3 Å².